The van der Waals surface area contributed by atoms with Gasteiger partial charge in [0.25, 0.3) is 11.8 Å². The van der Waals surface area contributed by atoms with E-state index in [9.17, 15) is 24.3 Å². The Labute approximate surface area is 278 Å². The molecule has 3 aliphatic heterocycles. The van der Waals surface area contributed by atoms with Crippen LogP contribution in [0.25, 0.3) is 0 Å². The highest BCUT2D eigenvalue weighted by Crippen LogP contribution is 2.60. The van der Waals surface area contributed by atoms with Crippen LogP contribution < -0.4 is 10.2 Å². The highest BCUT2D eigenvalue weighted by molar-refractivity contribution is 9.10. The summed E-state index contributed by atoms with van der Waals surface area (Å²) in [5, 5.41) is 12.8. The van der Waals surface area contributed by atoms with Crippen LogP contribution in [0, 0.1) is 5.92 Å². The fourth-order valence-electron chi connectivity index (χ4n) is 7.77. The molecule has 0 bridgehead atoms. The maximum Gasteiger partial charge on any atom is 0.264 e. The summed E-state index contributed by atoms with van der Waals surface area (Å²) in [7, 11) is -2.96. The lowest BCUT2D eigenvalue weighted by Crippen LogP contribution is -2.46. The molecule has 1 spiro atoms. The lowest BCUT2D eigenvalue weighted by Gasteiger charge is -2.33. The first-order chi connectivity index (χ1) is 21.9. The summed E-state index contributed by atoms with van der Waals surface area (Å²) in [6.07, 6.45) is 0.952. The number of rotatable bonds is 8. The van der Waals surface area contributed by atoms with Gasteiger partial charge in [0.2, 0.25) is 5.91 Å². The van der Waals surface area contributed by atoms with Crippen LogP contribution in [0.1, 0.15) is 47.7 Å². The number of carbonyl (C=O) groups excluding carboxylic acids is 3. The number of halogens is 1. The average Bonchev–Trinajstić information content (AvgIpc) is 3.68. The third-order valence-corrected chi connectivity index (χ3v) is 12.8. The van der Waals surface area contributed by atoms with E-state index in [4.69, 9.17) is 4.74 Å². The highest BCUT2D eigenvalue weighted by atomic mass is 79.9. The van der Waals surface area contributed by atoms with Gasteiger partial charge in [-0.25, -0.2) is 0 Å². The van der Waals surface area contributed by atoms with Crippen molar-refractivity contribution in [1.82, 2.24) is 4.90 Å². The first-order valence-electron chi connectivity index (χ1n) is 15.8. The molecular formula is C35H40BrN3O6Si. The van der Waals surface area contributed by atoms with Crippen molar-refractivity contribution in [3.8, 4) is 0 Å². The van der Waals surface area contributed by atoms with Crippen molar-refractivity contribution in [3.63, 3.8) is 0 Å². The van der Waals surface area contributed by atoms with Gasteiger partial charge in [0, 0.05) is 39.3 Å². The highest BCUT2D eigenvalue weighted by Gasteiger charge is 2.66. The Hall–Kier alpha value is -3.35. The van der Waals surface area contributed by atoms with Crippen LogP contribution in [0.15, 0.2) is 77.3 Å². The van der Waals surface area contributed by atoms with Crippen LogP contribution in [-0.2, 0) is 26.5 Å². The van der Waals surface area contributed by atoms with Gasteiger partial charge >= 0.3 is 0 Å². The van der Waals surface area contributed by atoms with Crippen LogP contribution >= 0.6 is 15.9 Å². The third-order valence-electron chi connectivity index (χ3n) is 9.79. The van der Waals surface area contributed by atoms with Crippen LogP contribution in [0.3, 0.4) is 0 Å². The number of aliphatic hydroxyl groups is 1. The Balaban J connectivity index is 1.31. The molecule has 0 aliphatic carbocycles. The Kier molecular flexibility index (Phi) is 8.99. The zero-order chi connectivity index (χ0) is 32.8. The topological polar surface area (TPSA) is 119 Å². The summed E-state index contributed by atoms with van der Waals surface area (Å²) in [6.45, 7) is 6.37. The van der Waals surface area contributed by atoms with Gasteiger partial charge < -0.3 is 29.8 Å². The molecule has 0 unspecified atom stereocenters. The summed E-state index contributed by atoms with van der Waals surface area (Å²) in [5.74, 6) is -0.996. The van der Waals surface area contributed by atoms with Gasteiger partial charge in [0.15, 0.2) is 13.9 Å². The molecule has 0 radical (unpaired) electrons. The normalized spacial score (nSPS) is 25.7. The SMILES string of the molecule is C[C@H]1[C@H]([Si](C)(C)O)[C@@H](CC(=O)N2CCC[C@H]2CO)O[C@]12C(=O)N(Cc1cccc(NC(=O)c3ccccc3)c1)c1ccc(Br)cc12. The molecule has 11 heteroatoms. The molecule has 0 saturated carbocycles. The summed E-state index contributed by atoms with van der Waals surface area (Å²) in [4.78, 5) is 56.1. The fourth-order valence-corrected chi connectivity index (χ4v) is 10.7. The van der Waals surface area contributed by atoms with E-state index in [2.05, 4.69) is 21.2 Å². The van der Waals surface area contributed by atoms with Crippen molar-refractivity contribution >= 4 is 53.3 Å². The summed E-state index contributed by atoms with van der Waals surface area (Å²) in [5.41, 5.74) is 1.62. The minimum absolute atomic E-state index is 0.0318. The minimum Gasteiger partial charge on any atom is -0.432 e. The quantitative estimate of drug-likeness (QED) is 0.270. The molecule has 3 aromatic carbocycles. The van der Waals surface area contributed by atoms with Crippen molar-refractivity contribution in [2.75, 3.05) is 23.4 Å². The molecule has 3 aromatic rings. The maximum absolute atomic E-state index is 14.7. The molecule has 3 aliphatic rings. The third kappa shape index (κ3) is 5.83. The summed E-state index contributed by atoms with van der Waals surface area (Å²) >= 11 is 3.59. The number of likely N-dealkylation sites (tertiary alicyclic amines) is 1. The summed E-state index contributed by atoms with van der Waals surface area (Å²) in [6, 6.07) is 21.9. The second-order valence-electron chi connectivity index (χ2n) is 13.2. The number of carbonyl (C=O) groups is 3. The Bertz CT molecular complexity index is 1650. The van der Waals surface area contributed by atoms with Gasteiger partial charge in [-0.3, -0.25) is 14.4 Å². The smallest absolute Gasteiger partial charge is 0.264 e. The number of hydrogen-bond donors (Lipinski definition) is 3. The zero-order valence-electron chi connectivity index (χ0n) is 26.3. The van der Waals surface area contributed by atoms with E-state index in [0.29, 0.717) is 29.0 Å². The van der Waals surface area contributed by atoms with Crippen LogP contribution in [0.5, 0.6) is 0 Å². The van der Waals surface area contributed by atoms with E-state index in [1.807, 2.05) is 80.7 Å². The zero-order valence-corrected chi connectivity index (χ0v) is 28.9. The first-order valence-corrected chi connectivity index (χ1v) is 19.6. The number of benzene rings is 3. The standard InChI is InChI=1S/C35H40BrN3O6Si/c1-22-32(46(2,3)44)30(19-31(41)38-16-8-13-27(38)21-40)45-35(22)28-18-25(36)14-15-29(28)39(34(35)43)20-23-9-7-12-26(17-23)37-33(42)24-10-5-4-6-11-24/h4-7,9-12,14-15,17-18,22,27,30,32,40,44H,8,13,16,19-21H2,1-3H3,(H,37,42)/t22-,27-,30+,32-,35+/m0/s1. The molecule has 3 heterocycles. The van der Waals surface area contributed by atoms with Gasteiger partial charge in [-0.1, -0.05) is 53.2 Å². The molecule has 3 amide bonds. The predicted octanol–water partition coefficient (Wildman–Crippen LogP) is 5.42. The Morgan fingerprint density at radius 2 is 1.85 bits per heavy atom. The van der Waals surface area contributed by atoms with E-state index >= 15 is 0 Å². The van der Waals surface area contributed by atoms with Crippen molar-refractivity contribution < 1.29 is 29.0 Å². The number of ether oxygens (including phenoxy) is 1. The number of nitrogens with one attached hydrogen (secondary N) is 1. The first kappa shape index (κ1) is 32.6. The Morgan fingerprint density at radius 3 is 2.57 bits per heavy atom. The van der Waals surface area contributed by atoms with E-state index in [-0.39, 0.29) is 48.9 Å². The number of fused-ring (bicyclic) bond motifs is 2. The molecule has 242 valence electrons. The number of amides is 3. The van der Waals surface area contributed by atoms with E-state index in [0.717, 1.165) is 22.9 Å². The summed E-state index contributed by atoms with van der Waals surface area (Å²) < 4.78 is 7.64. The number of anilines is 2. The molecule has 6 rings (SSSR count). The second kappa shape index (κ2) is 12.7. The van der Waals surface area contributed by atoms with Crippen LogP contribution in [0.2, 0.25) is 18.6 Å². The van der Waals surface area contributed by atoms with Crippen LogP contribution in [-0.4, -0.2) is 66.1 Å². The van der Waals surface area contributed by atoms with E-state index in [1.165, 1.54) is 0 Å². The van der Waals surface area contributed by atoms with E-state index < -0.39 is 25.9 Å². The van der Waals surface area contributed by atoms with E-state index in [1.54, 1.807) is 21.9 Å². The number of hydrogen-bond acceptors (Lipinski definition) is 6. The molecule has 0 aromatic heterocycles. The van der Waals surface area contributed by atoms with Crippen molar-refractivity contribution in [1.29, 1.82) is 0 Å². The number of aliphatic hydroxyl groups excluding tert-OH is 1. The Morgan fingerprint density at radius 1 is 1.09 bits per heavy atom. The van der Waals surface area contributed by atoms with Gasteiger partial charge in [-0.05, 0) is 74.0 Å². The predicted molar refractivity (Wildman–Crippen MR) is 182 cm³/mol. The maximum atomic E-state index is 14.7. The monoisotopic (exact) mass is 705 g/mol. The molecule has 5 atom stereocenters. The van der Waals surface area contributed by atoms with Gasteiger partial charge in [-0.2, -0.15) is 0 Å². The molecule has 3 N–H and O–H groups in total. The van der Waals surface area contributed by atoms with Gasteiger partial charge in [0.1, 0.15) is 0 Å². The molecule has 9 nitrogen and oxygen atoms in total. The van der Waals surface area contributed by atoms with Gasteiger partial charge in [-0.15, -0.1) is 0 Å². The van der Waals surface area contributed by atoms with Crippen molar-refractivity contribution in [2.24, 2.45) is 5.92 Å². The second-order valence-corrected chi connectivity index (χ2v) is 18.1. The lowest BCUT2D eigenvalue weighted by molar-refractivity contribution is -0.150. The van der Waals surface area contributed by atoms with Crippen LogP contribution in [0.4, 0.5) is 11.4 Å². The molecule has 46 heavy (non-hydrogen) atoms. The number of nitrogens with zero attached hydrogens (tertiary/aromatic N) is 2. The van der Waals surface area contributed by atoms with Crippen molar-refractivity contribution in [2.45, 2.75) is 69.1 Å². The van der Waals surface area contributed by atoms with Gasteiger partial charge in [0.05, 0.1) is 37.4 Å². The largest absolute Gasteiger partial charge is 0.432 e. The molecule has 2 saturated heterocycles. The van der Waals surface area contributed by atoms with Crippen molar-refractivity contribution in [3.05, 3.63) is 94.0 Å². The average molecular weight is 707 g/mol. The lowest BCUT2D eigenvalue weighted by atomic mass is 9.82. The fraction of sp³-hybridized carbons (Fsp3) is 0.400. The minimum atomic E-state index is -2.96. The molecule has 2 fully saturated rings. The molecular weight excluding hydrogens is 666 g/mol.